The summed E-state index contributed by atoms with van der Waals surface area (Å²) >= 11 is 0. The molecule has 0 aromatic carbocycles. The van der Waals surface area contributed by atoms with Gasteiger partial charge >= 0.3 is 0 Å². The van der Waals surface area contributed by atoms with Gasteiger partial charge in [-0.3, -0.25) is 4.79 Å². The zero-order chi connectivity index (χ0) is 12.5. The van der Waals surface area contributed by atoms with Crippen LogP contribution in [0.1, 0.15) is 52.4 Å². The first-order chi connectivity index (χ1) is 8.09. The summed E-state index contributed by atoms with van der Waals surface area (Å²) in [6.07, 6.45) is 6.72. The largest absolute Gasteiger partial charge is 0.342 e. The number of rotatable bonds is 4. The molecule has 0 radical (unpaired) electrons. The maximum absolute atomic E-state index is 12.5. The lowest BCUT2D eigenvalue weighted by Crippen LogP contribution is -2.47. The van der Waals surface area contributed by atoms with Crippen molar-refractivity contribution in [3.8, 4) is 0 Å². The summed E-state index contributed by atoms with van der Waals surface area (Å²) in [7, 11) is 0. The minimum atomic E-state index is 0.0362. The van der Waals surface area contributed by atoms with E-state index in [-0.39, 0.29) is 11.5 Å². The van der Waals surface area contributed by atoms with Crippen molar-refractivity contribution in [2.45, 2.75) is 58.4 Å². The van der Waals surface area contributed by atoms with Gasteiger partial charge in [-0.1, -0.05) is 13.3 Å². The summed E-state index contributed by atoms with van der Waals surface area (Å²) in [4.78, 5) is 14.6. The van der Waals surface area contributed by atoms with E-state index in [9.17, 15) is 4.79 Å². The molecular formula is C14H26N2O. The van der Waals surface area contributed by atoms with Gasteiger partial charge in [0.25, 0.3) is 0 Å². The fraction of sp³-hybridized carbons (Fsp3) is 0.929. The second kappa shape index (κ2) is 4.97. The third-order valence-electron chi connectivity index (χ3n) is 4.52. The van der Waals surface area contributed by atoms with E-state index in [0.717, 1.165) is 45.2 Å². The fourth-order valence-electron chi connectivity index (χ4n) is 3.16. The molecule has 98 valence electrons. The quantitative estimate of drug-likeness (QED) is 0.815. The van der Waals surface area contributed by atoms with E-state index >= 15 is 0 Å². The van der Waals surface area contributed by atoms with Crippen LogP contribution in [0.5, 0.6) is 0 Å². The molecule has 1 saturated carbocycles. The summed E-state index contributed by atoms with van der Waals surface area (Å²) in [5, 5.41) is 0. The molecule has 0 aromatic rings. The number of nitrogens with two attached hydrogens (primary N) is 1. The molecule has 1 amide bonds. The Bertz CT molecular complexity index is 284. The number of piperidine rings is 1. The molecule has 1 saturated heterocycles. The van der Waals surface area contributed by atoms with Crippen molar-refractivity contribution in [2.75, 3.05) is 13.1 Å². The molecular weight excluding hydrogens is 212 g/mol. The van der Waals surface area contributed by atoms with Crippen LogP contribution >= 0.6 is 0 Å². The Morgan fingerprint density at radius 3 is 2.76 bits per heavy atom. The molecule has 3 nitrogen and oxygen atoms in total. The number of carbonyl (C=O) groups excluding carboxylic acids is 1. The molecule has 2 atom stereocenters. The average Bonchev–Trinajstić information content (AvgIpc) is 3.10. The number of hydrogen-bond acceptors (Lipinski definition) is 2. The lowest BCUT2D eigenvalue weighted by Gasteiger charge is -2.36. The van der Waals surface area contributed by atoms with Crippen molar-refractivity contribution in [2.24, 2.45) is 17.1 Å². The Hall–Kier alpha value is -0.570. The first-order valence-electron chi connectivity index (χ1n) is 7.14. The summed E-state index contributed by atoms with van der Waals surface area (Å²) in [5.74, 6) is 0.926. The molecule has 1 aliphatic heterocycles. The van der Waals surface area contributed by atoms with E-state index in [1.807, 2.05) is 0 Å². The van der Waals surface area contributed by atoms with Gasteiger partial charge in [0, 0.05) is 24.5 Å². The van der Waals surface area contributed by atoms with Gasteiger partial charge in [-0.05, 0) is 44.9 Å². The maximum atomic E-state index is 12.5. The summed E-state index contributed by atoms with van der Waals surface area (Å²) < 4.78 is 0. The zero-order valence-electron chi connectivity index (χ0n) is 11.2. The molecule has 2 unspecified atom stereocenters. The minimum Gasteiger partial charge on any atom is -0.342 e. The predicted octanol–water partition coefficient (Wildman–Crippen LogP) is 2.15. The molecule has 2 fully saturated rings. The highest BCUT2D eigenvalue weighted by Gasteiger charge is 2.50. The first-order valence-corrected chi connectivity index (χ1v) is 7.14. The van der Waals surface area contributed by atoms with Crippen molar-refractivity contribution < 1.29 is 4.79 Å². The van der Waals surface area contributed by atoms with E-state index in [1.165, 1.54) is 6.42 Å². The van der Waals surface area contributed by atoms with E-state index in [2.05, 4.69) is 18.7 Å². The third kappa shape index (κ3) is 2.65. The molecule has 0 bridgehead atoms. The molecule has 0 aromatic heterocycles. The SMILES string of the molecule is CCCC1(C(=O)N2CCCC(C(C)N)C2)CC1. The number of nitrogens with zero attached hydrogens (tertiary/aromatic N) is 1. The fourth-order valence-corrected chi connectivity index (χ4v) is 3.16. The number of likely N-dealkylation sites (tertiary alicyclic amines) is 1. The van der Waals surface area contributed by atoms with Crippen molar-refractivity contribution in [1.82, 2.24) is 4.90 Å². The Morgan fingerprint density at radius 2 is 2.24 bits per heavy atom. The monoisotopic (exact) mass is 238 g/mol. The Labute approximate surface area is 105 Å². The second-order valence-electron chi connectivity index (χ2n) is 6.04. The Morgan fingerprint density at radius 1 is 1.53 bits per heavy atom. The Kier molecular flexibility index (Phi) is 3.76. The molecule has 0 spiro atoms. The van der Waals surface area contributed by atoms with Gasteiger partial charge in [0.1, 0.15) is 0 Å². The topological polar surface area (TPSA) is 46.3 Å². The number of hydrogen-bond donors (Lipinski definition) is 1. The Balaban J connectivity index is 1.95. The van der Waals surface area contributed by atoms with E-state index in [0.29, 0.717) is 11.8 Å². The lowest BCUT2D eigenvalue weighted by molar-refractivity contribution is -0.139. The van der Waals surface area contributed by atoms with Crippen molar-refractivity contribution in [3.05, 3.63) is 0 Å². The molecule has 17 heavy (non-hydrogen) atoms. The summed E-state index contributed by atoms with van der Waals surface area (Å²) in [6, 6.07) is 0.215. The van der Waals surface area contributed by atoms with Gasteiger partial charge in [-0.15, -0.1) is 0 Å². The normalized spacial score (nSPS) is 28.9. The molecule has 2 rings (SSSR count). The van der Waals surface area contributed by atoms with Crippen LogP contribution in [-0.2, 0) is 4.79 Å². The van der Waals surface area contributed by atoms with Gasteiger partial charge in [0.05, 0.1) is 0 Å². The summed E-state index contributed by atoms with van der Waals surface area (Å²) in [5.41, 5.74) is 6.01. The molecule has 1 aliphatic carbocycles. The third-order valence-corrected chi connectivity index (χ3v) is 4.52. The lowest BCUT2D eigenvalue weighted by atomic mass is 9.90. The van der Waals surface area contributed by atoms with E-state index in [1.54, 1.807) is 0 Å². The van der Waals surface area contributed by atoms with Crippen LogP contribution in [0, 0.1) is 11.3 Å². The van der Waals surface area contributed by atoms with Crippen molar-refractivity contribution in [3.63, 3.8) is 0 Å². The van der Waals surface area contributed by atoms with Gasteiger partial charge in [0.15, 0.2) is 0 Å². The van der Waals surface area contributed by atoms with Crippen LogP contribution in [0.2, 0.25) is 0 Å². The van der Waals surface area contributed by atoms with Crippen LogP contribution in [0.15, 0.2) is 0 Å². The molecule has 1 heterocycles. The molecule has 3 heteroatoms. The predicted molar refractivity (Wildman–Crippen MR) is 69.5 cm³/mol. The smallest absolute Gasteiger partial charge is 0.228 e. The minimum absolute atomic E-state index is 0.0362. The van der Waals surface area contributed by atoms with E-state index in [4.69, 9.17) is 5.73 Å². The van der Waals surface area contributed by atoms with Crippen molar-refractivity contribution in [1.29, 1.82) is 0 Å². The van der Waals surface area contributed by atoms with Gasteiger partial charge in [-0.2, -0.15) is 0 Å². The molecule has 2 aliphatic rings. The van der Waals surface area contributed by atoms with Crippen LogP contribution < -0.4 is 5.73 Å². The van der Waals surface area contributed by atoms with Crippen molar-refractivity contribution >= 4 is 5.91 Å². The van der Waals surface area contributed by atoms with Crippen LogP contribution in [0.4, 0.5) is 0 Å². The van der Waals surface area contributed by atoms with E-state index < -0.39 is 0 Å². The first kappa shape index (κ1) is 12.9. The second-order valence-corrected chi connectivity index (χ2v) is 6.04. The highest BCUT2D eigenvalue weighted by atomic mass is 16.2. The average molecular weight is 238 g/mol. The van der Waals surface area contributed by atoms with Crippen LogP contribution in [0.3, 0.4) is 0 Å². The van der Waals surface area contributed by atoms with Crippen LogP contribution in [0.25, 0.3) is 0 Å². The number of carbonyl (C=O) groups is 1. The summed E-state index contributed by atoms with van der Waals surface area (Å²) in [6.45, 7) is 6.08. The molecule has 2 N–H and O–H groups in total. The van der Waals surface area contributed by atoms with Gasteiger partial charge in [-0.25, -0.2) is 0 Å². The maximum Gasteiger partial charge on any atom is 0.228 e. The standard InChI is InChI=1S/C14H26N2O/c1-3-6-14(7-8-14)13(17)16-9-4-5-12(10-16)11(2)15/h11-12H,3-10,15H2,1-2H3. The number of amides is 1. The van der Waals surface area contributed by atoms with Gasteiger partial charge < -0.3 is 10.6 Å². The highest BCUT2D eigenvalue weighted by molar-refractivity contribution is 5.85. The van der Waals surface area contributed by atoms with Gasteiger partial charge in [0.2, 0.25) is 5.91 Å². The highest BCUT2D eigenvalue weighted by Crippen LogP contribution is 2.51. The zero-order valence-corrected chi connectivity index (χ0v) is 11.2. The van der Waals surface area contributed by atoms with Crippen LogP contribution in [-0.4, -0.2) is 29.9 Å².